The topological polar surface area (TPSA) is 75.9 Å². The number of carbonyl (C=O) groups excluding carboxylic acids is 2. The molecule has 0 spiro atoms. The third-order valence-corrected chi connectivity index (χ3v) is 3.99. The van der Waals surface area contributed by atoms with Gasteiger partial charge in [0.05, 0.1) is 19.1 Å². The van der Waals surface area contributed by atoms with Crippen LogP contribution in [-0.2, 0) is 14.3 Å². The molecule has 1 heterocycles. The Morgan fingerprint density at radius 1 is 1.26 bits per heavy atom. The molecular formula is C13H25N3O3. The van der Waals surface area contributed by atoms with Crippen LogP contribution in [0.5, 0.6) is 0 Å². The summed E-state index contributed by atoms with van der Waals surface area (Å²) in [6, 6.07) is 0. The van der Waals surface area contributed by atoms with Crippen LogP contribution >= 0.6 is 0 Å². The summed E-state index contributed by atoms with van der Waals surface area (Å²) in [5.41, 5.74) is 5.25. The summed E-state index contributed by atoms with van der Waals surface area (Å²) in [7, 11) is 1.38. The molecule has 1 fully saturated rings. The summed E-state index contributed by atoms with van der Waals surface area (Å²) >= 11 is 0. The predicted molar refractivity (Wildman–Crippen MR) is 72.5 cm³/mol. The molecule has 0 saturated carbocycles. The highest BCUT2D eigenvalue weighted by Crippen LogP contribution is 2.23. The molecule has 1 atom stereocenters. The number of carbonyl (C=O) groups is 2. The highest BCUT2D eigenvalue weighted by molar-refractivity contribution is 5.82. The van der Waals surface area contributed by atoms with E-state index >= 15 is 0 Å². The van der Waals surface area contributed by atoms with Gasteiger partial charge in [0.25, 0.3) is 0 Å². The van der Waals surface area contributed by atoms with E-state index in [9.17, 15) is 9.59 Å². The fourth-order valence-electron chi connectivity index (χ4n) is 2.12. The second kappa shape index (κ2) is 6.86. The fraction of sp³-hybridized carbons (Fsp3) is 0.846. The average Bonchev–Trinajstić information content (AvgIpc) is 2.46. The number of nitrogens with zero attached hydrogens (tertiary/aromatic N) is 2. The first-order valence-corrected chi connectivity index (χ1v) is 6.75. The van der Waals surface area contributed by atoms with Crippen LogP contribution in [-0.4, -0.2) is 68.1 Å². The van der Waals surface area contributed by atoms with E-state index in [-0.39, 0.29) is 11.9 Å². The quantitative estimate of drug-likeness (QED) is 0.694. The van der Waals surface area contributed by atoms with E-state index < -0.39 is 5.41 Å². The van der Waals surface area contributed by atoms with Gasteiger partial charge in [0.15, 0.2) is 0 Å². The molecule has 0 radical (unpaired) electrons. The molecule has 6 heteroatoms. The van der Waals surface area contributed by atoms with Crippen molar-refractivity contribution in [2.24, 2.45) is 11.1 Å². The van der Waals surface area contributed by atoms with E-state index in [4.69, 9.17) is 5.73 Å². The molecule has 6 nitrogen and oxygen atoms in total. The summed E-state index contributed by atoms with van der Waals surface area (Å²) < 4.78 is 4.64. The Hall–Kier alpha value is -1.14. The van der Waals surface area contributed by atoms with E-state index in [1.165, 1.54) is 7.11 Å². The number of rotatable bonds is 5. The van der Waals surface area contributed by atoms with Crippen LogP contribution in [0.1, 0.15) is 20.3 Å². The van der Waals surface area contributed by atoms with Crippen molar-refractivity contribution in [1.82, 2.24) is 9.80 Å². The molecule has 1 unspecified atom stereocenters. The number of esters is 1. The highest BCUT2D eigenvalue weighted by atomic mass is 16.5. The minimum absolute atomic E-state index is 0.121. The normalized spacial score (nSPS) is 19.9. The van der Waals surface area contributed by atoms with Gasteiger partial charge in [-0.1, -0.05) is 6.92 Å². The number of methoxy groups -OCH3 is 1. The number of ether oxygens (including phenoxy) is 1. The second-order valence-electron chi connectivity index (χ2n) is 5.26. The Morgan fingerprint density at radius 2 is 1.84 bits per heavy atom. The van der Waals surface area contributed by atoms with Crippen molar-refractivity contribution in [3.05, 3.63) is 0 Å². The van der Waals surface area contributed by atoms with Gasteiger partial charge in [-0.2, -0.15) is 0 Å². The number of amides is 1. The van der Waals surface area contributed by atoms with Crippen LogP contribution in [0.2, 0.25) is 0 Å². The smallest absolute Gasteiger partial charge is 0.319 e. The number of piperazine rings is 1. The SMILES string of the molecule is CCC(C)(CN)C(=O)N1CCN(CC(=O)OC)CC1. The maximum absolute atomic E-state index is 12.4. The van der Waals surface area contributed by atoms with Crippen LogP contribution in [0.25, 0.3) is 0 Å². The molecular weight excluding hydrogens is 246 g/mol. The first-order valence-electron chi connectivity index (χ1n) is 6.75. The third-order valence-electron chi connectivity index (χ3n) is 3.99. The number of hydrogen-bond donors (Lipinski definition) is 1. The Morgan fingerprint density at radius 3 is 2.26 bits per heavy atom. The van der Waals surface area contributed by atoms with Gasteiger partial charge in [-0.15, -0.1) is 0 Å². The van der Waals surface area contributed by atoms with Crippen LogP contribution in [0.4, 0.5) is 0 Å². The van der Waals surface area contributed by atoms with Crippen molar-refractivity contribution in [1.29, 1.82) is 0 Å². The highest BCUT2D eigenvalue weighted by Gasteiger charge is 2.35. The molecule has 2 N–H and O–H groups in total. The zero-order valence-electron chi connectivity index (χ0n) is 12.1. The lowest BCUT2D eigenvalue weighted by Crippen LogP contribution is -2.54. The second-order valence-corrected chi connectivity index (χ2v) is 5.26. The molecule has 0 bridgehead atoms. The standard InChI is InChI=1S/C13H25N3O3/c1-4-13(2,10-14)12(18)16-7-5-15(6-8-16)9-11(17)19-3/h4-10,14H2,1-3H3. The van der Waals surface area contributed by atoms with Crippen molar-refractivity contribution in [2.75, 3.05) is 46.4 Å². The molecule has 0 aromatic heterocycles. The average molecular weight is 271 g/mol. The summed E-state index contributed by atoms with van der Waals surface area (Å²) in [5, 5.41) is 0. The van der Waals surface area contributed by atoms with E-state index in [2.05, 4.69) is 4.74 Å². The van der Waals surface area contributed by atoms with Gasteiger partial charge < -0.3 is 15.4 Å². The predicted octanol–water partition coefficient (Wildman–Crippen LogP) is -0.321. The van der Waals surface area contributed by atoms with Crippen LogP contribution < -0.4 is 5.73 Å². The van der Waals surface area contributed by atoms with Crippen molar-refractivity contribution < 1.29 is 14.3 Å². The molecule has 19 heavy (non-hydrogen) atoms. The maximum Gasteiger partial charge on any atom is 0.319 e. The Kier molecular flexibility index (Phi) is 5.75. The Bertz CT molecular complexity index is 321. The van der Waals surface area contributed by atoms with Crippen LogP contribution in [0.3, 0.4) is 0 Å². The van der Waals surface area contributed by atoms with E-state index in [0.29, 0.717) is 39.3 Å². The van der Waals surface area contributed by atoms with Crippen molar-refractivity contribution in [3.63, 3.8) is 0 Å². The number of hydrogen-bond acceptors (Lipinski definition) is 5. The molecule has 1 amide bonds. The lowest BCUT2D eigenvalue weighted by Gasteiger charge is -2.38. The van der Waals surface area contributed by atoms with Crippen molar-refractivity contribution in [2.45, 2.75) is 20.3 Å². The first kappa shape index (κ1) is 15.9. The molecule has 1 aliphatic rings. The molecule has 1 aliphatic heterocycles. The summed E-state index contributed by atoms with van der Waals surface area (Å²) in [6.07, 6.45) is 0.741. The molecule has 1 rings (SSSR count). The van der Waals surface area contributed by atoms with Gasteiger partial charge in [0, 0.05) is 32.7 Å². The Balaban J connectivity index is 2.49. The van der Waals surface area contributed by atoms with Gasteiger partial charge in [-0.3, -0.25) is 14.5 Å². The third kappa shape index (κ3) is 3.91. The van der Waals surface area contributed by atoms with Crippen LogP contribution in [0, 0.1) is 5.41 Å². The van der Waals surface area contributed by atoms with Crippen molar-refractivity contribution >= 4 is 11.9 Å². The monoisotopic (exact) mass is 271 g/mol. The minimum Gasteiger partial charge on any atom is -0.468 e. The molecule has 0 aromatic rings. The molecule has 110 valence electrons. The lowest BCUT2D eigenvalue weighted by molar-refractivity contribution is -0.145. The fourth-order valence-corrected chi connectivity index (χ4v) is 2.12. The summed E-state index contributed by atoms with van der Waals surface area (Å²) in [6.45, 7) is 7.24. The zero-order valence-corrected chi connectivity index (χ0v) is 12.1. The van der Waals surface area contributed by atoms with Gasteiger partial charge >= 0.3 is 5.97 Å². The van der Waals surface area contributed by atoms with E-state index in [1.807, 2.05) is 23.6 Å². The largest absolute Gasteiger partial charge is 0.468 e. The summed E-state index contributed by atoms with van der Waals surface area (Å²) in [5.74, 6) is -0.115. The van der Waals surface area contributed by atoms with Gasteiger partial charge in [-0.25, -0.2) is 0 Å². The maximum atomic E-state index is 12.4. The zero-order chi connectivity index (χ0) is 14.5. The van der Waals surface area contributed by atoms with Crippen LogP contribution in [0.15, 0.2) is 0 Å². The van der Waals surface area contributed by atoms with E-state index in [0.717, 1.165) is 6.42 Å². The van der Waals surface area contributed by atoms with Gasteiger partial charge in [-0.05, 0) is 13.3 Å². The first-order chi connectivity index (χ1) is 8.96. The minimum atomic E-state index is -0.468. The van der Waals surface area contributed by atoms with Gasteiger partial charge in [0.1, 0.15) is 0 Å². The molecule has 1 saturated heterocycles. The number of nitrogens with two attached hydrogens (primary N) is 1. The molecule has 0 aromatic carbocycles. The van der Waals surface area contributed by atoms with Gasteiger partial charge in [0.2, 0.25) is 5.91 Å². The summed E-state index contributed by atoms with van der Waals surface area (Å²) in [4.78, 5) is 27.4. The van der Waals surface area contributed by atoms with Crippen molar-refractivity contribution in [3.8, 4) is 0 Å². The Labute approximate surface area is 114 Å². The molecule has 0 aliphatic carbocycles. The van der Waals surface area contributed by atoms with E-state index in [1.54, 1.807) is 0 Å². The lowest BCUT2D eigenvalue weighted by atomic mass is 9.86.